The molecule has 6 nitrogen and oxygen atoms in total. The maximum absolute atomic E-state index is 11.9. The summed E-state index contributed by atoms with van der Waals surface area (Å²) in [5, 5.41) is 7.14. The topological polar surface area (TPSA) is 72.0 Å². The molecule has 0 aliphatic carbocycles. The number of carbonyl (C=O) groups is 1. The van der Waals surface area contributed by atoms with E-state index >= 15 is 0 Å². The zero-order valence-electron chi connectivity index (χ0n) is 15.0. The number of carbonyl (C=O) groups excluding carboxylic acids is 1. The molecule has 2 aromatic carbocycles. The Hall–Kier alpha value is -2.73. The first-order chi connectivity index (χ1) is 12.6. The molecule has 0 fully saturated rings. The highest BCUT2D eigenvalue weighted by atomic mass is 35.5. The van der Waals surface area contributed by atoms with Crippen molar-refractivity contribution < 1.29 is 14.3 Å². The van der Waals surface area contributed by atoms with E-state index in [1.165, 1.54) is 14.2 Å². The van der Waals surface area contributed by atoms with Gasteiger partial charge in [-0.25, -0.2) is 4.79 Å². The molecule has 7 heteroatoms. The summed E-state index contributed by atoms with van der Waals surface area (Å²) in [5.74, 6) is 0.690. The first-order valence-electron chi connectivity index (χ1n) is 8.01. The number of halogens is 1. The number of benzene rings is 2. The number of methoxy groups -OCH3 is 2. The smallest absolute Gasteiger partial charge is 0.341 e. The Morgan fingerprint density at radius 2 is 1.65 bits per heavy atom. The summed E-state index contributed by atoms with van der Waals surface area (Å²) in [6.45, 7) is 1.11. The number of esters is 1. The van der Waals surface area contributed by atoms with Crippen LogP contribution in [0.3, 0.4) is 0 Å². The van der Waals surface area contributed by atoms with Crippen LogP contribution in [-0.2, 0) is 17.8 Å². The van der Waals surface area contributed by atoms with Gasteiger partial charge in [0.25, 0.3) is 0 Å². The lowest BCUT2D eigenvalue weighted by atomic mass is 10.1. The molecule has 2 rings (SSSR count). The normalized spacial score (nSPS) is 11.0. The third-order valence-corrected chi connectivity index (χ3v) is 3.98. The molecule has 0 aliphatic rings. The minimum Gasteiger partial charge on any atom is -0.496 e. The first-order valence-corrected chi connectivity index (χ1v) is 8.39. The maximum atomic E-state index is 11.9. The van der Waals surface area contributed by atoms with Gasteiger partial charge in [0.15, 0.2) is 5.96 Å². The second-order valence-electron chi connectivity index (χ2n) is 5.43. The highest BCUT2D eigenvalue weighted by Gasteiger charge is 2.13. The van der Waals surface area contributed by atoms with Crippen LogP contribution >= 0.6 is 11.6 Å². The molecular formula is C19H22ClN3O3. The number of ether oxygens (including phenoxy) is 2. The quantitative estimate of drug-likeness (QED) is 0.461. The molecule has 0 heterocycles. The van der Waals surface area contributed by atoms with Crippen LogP contribution in [-0.4, -0.2) is 33.2 Å². The Balaban J connectivity index is 1.97. The van der Waals surface area contributed by atoms with Crippen LogP contribution in [0.25, 0.3) is 0 Å². The van der Waals surface area contributed by atoms with Gasteiger partial charge in [0.2, 0.25) is 0 Å². The van der Waals surface area contributed by atoms with Gasteiger partial charge in [-0.1, -0.05) is 29.8 Å². The van der Waals surface area contributed by atoms with Crippen molar-refractivity contribution in [1.82, 2.24) is 10.6 Å². The number of nitrogens with one attached hydrogen (secondary N) is 2. The standard InChI is InChI=1S/C19H22ClN3O3/c1-21-19(22-11-13-4-7-15(20)8-5-13)23-12-14-6-9-17(25-2)16(10-14)18(24)26-3/h4-10H,11-12H2,1-3H3,(H2,21,22,23). The van der Waals surface area contributed by atoms with Crippen molar-refractivity contribution >= 4 is 23.5 Å². The monoisotopic (exact) mass is 375 g/mol. The van der Waals surface area contributed by atoms with E-state index in [0.29, 0.717) is 35.4 Å². The average Bonchev–Trinajstić information content (AvgIpc) is 2.68. The number of hydrogen-bond donors (Lipinski definition) is 2. The van der Waals surface area contributed by atoms with E-state index in [4.69, 9.17) is 21.1 Å². The first kappa shape index (κ1) is 19.6. The molecule has 0 saturated carbocycles. The molecule has 0 saturated heterocycles. The summed E-state index contributed by atoms with van der Waals surface area (Å²) in [7, 11) is 4.56. The summed E-state index contributed by atoms with van der Waals surface area (Å²) in [6.07, 6.45) is 0. The maximum Gasteiger partial charge on any atom is 0.341 e. The van der Waals surface area contributed by atoms with E-state index in [9.17, 15) is 4.79 Å². The molecule has 2 N–H and O–H groups in total. The van der Waals surface area contributed by atoms with Gasteiger partial charge >= 0.3 is 5.97 Å². The van der Waals surface area contributed by atoms with Crippen molar-refractivity contribution in [3.8, 4) is 5.75 Å². The van der Waals surface area contributed by atoms with Crippen molar-refractivity contribution in [3.05, 3.63) is 64.2 Å². The lowest BCUT2D eigenvalue weighted by Gasteiger charge is -2.13. The molecule has 0 atom stereocenters. The summed E-state index contributed by atoms with van der Waals surface area (Å²) < 4.78 is 9.99. The van der Waals surface area contributed by atoms with Crippen molar-refractivity contribution in [3.63, 3.8) is 0 Å². The molecule has 0 aromatic heterocycles. The Kier molecular flexibility index (Phi) is 7.29. The van der Waals surface area contributed by atoms with Crippen LogP contribution < -0.4 is 15.4 Å². The van der Waals surface area contributed by atoms with Gasteiger partial charge in [0, 0.05) is 25.2 Å². The average molecular weight is 376 g/mol. The molecule has 0 bridgehead atoms. The van der Waals surface area contributed by atoms with Crippen molar-refractivity contribution in [2.24, 2.45) is 4.99 Å². The number of hydrogen-bond acceptors (Lipinski definition) is 4. The van der Waals surface area contributed by atoms with E-state index in [2.05, 4.69) is 15.6 Å². The van der Waals surface area contributed by atoms with Crippen LogP contribution in [0.1, 0.15) is 21.5 Å². The van der Waals surface area contributed by atoms with Gasteiger partial charge in [0.05, 0.1) is 14.2 Å². The lowest BCUT2D eigenvalue weighted by Crippen LogP contribution is -2.36. The predicted molar refractivity (Wildman–Crippen MR) is 103 cm³/mol. The summed E-state index contributed by atoms with van der Waals surface area (Å²) in [4.78, 5) is 16.1. The van der Waals surface area contributed by atoms with Gasteiger partial charge < -0.3 is 20.1 Å². The molecular weight excluding hydrogens is 354 g/mol. The molecule has 0 amide bonds. The molecule has 26 heavy (non-hydrogen) atoms. The SMILES string of the molecule is CN=C(NCc1ccc(Cl)cc1)NCc1ccc(OC)c(C(=O)OC)c1. The Bertz CT molecular complexity index is 776. The second kappa shape index (κ2) is 9.68. The fourth-order valence-electron chi connectivity index (χ4n) is 2.33. The van der Waals surface area contributed by atoms with E-state index in [1.807, 2.05) is 30.3 Å². The van der Waals surface area contributed by atoms with Gasteiger partial charge in [-0.3, -0.25) is 4.99 Å². The molecule has 0 aliphatic heterocycles. The molecule has 0 spiro atoms. The van der Waals surface area contributed by atoms with E-state index in [0.717, 1.165) is 11.1 Å². The lowest BCUT2D eigenvalue weighted by molar-refractivity contribution is 0.0597. The van der Waals surface area contributed by atoms with Crippen LogP contribution in [0, 0.1) is 0 Å². The van der Waals surface area contributed by atoms with E-state index in [-0.39, 0.29) is 0 Å². The zero-order valence-corrected chi connectivity index (χ0v) is 15.8. The minimum atomic E-state index is -0.436. The van der Waals surface area contributed by atoms with Gasteiger partial charge in [-0.05, 0) is 35.4 Å². The fraction of sp³-hybridized carbons (Fsp3) is 0.263. The highest BCUT2D eigenvalue weighted by Crippen LogP contribution is 2.20. The largest absolute Gasteiger partial charge is 0.496 e. The van der Waals surface area contributed by atoms with E-state index < -0.39 is 5.97 Å². The van der Waals surface area contributed by atoms with Crippen LogP contribution in [0.4, 0.5) is 0 Å². The Morgan fingerprint density at radius 1 is 1.04 bits per heavy atom. The van der Waals surface area contributed by atoms with Gasteiger partial charge in [-0.15, -0.1) is 0 Å². The molecule has 138 valence electrons. The summed E-state index contributed by atoms with van der Waals surface area (Å²) in [6, 6.07) is 13.0. The van der Waals surface area contributed by atoms with Crippen LogP contribution in [0.5, 0.6) is 5.75 Å². The minimum absolute atomic E-state index is 0.387. The van der Waals surface area contributed by atoms with Gasteiger partial charge in [0.1, 0.15) is 11.3 Å². The molecule has 2 aromatic rings. The van der Waals surface area contributed by atoms with Crippen molar-refractivity contribution in [2.75, 3.05) is 21.3 Å². The highest BCUT2D eigenvalue weighted by molar-refractivity contribution is 6.30. The zero-order chi connectivity index (χ0) is 18.9. The predicted octanol–water partition coefficient (Wildman–Crippen LogP) is 3.00. The van der Waals surface area contributed by atoms with E-state index in [1.54, 1.807) is 19.2 Å². The van der Waals surface area contributed by atoms with Crippen LogP contribution in [0.2, 0.25) is 5.02 Å². The van der Waals surface area contributed by atoms with Crippen molar-refractivity contribution in [2.45, 2.75) is 13.1 Å². The Labute approximate surface area is 158 Å². The summed E-state index contributed by atoms with van der Waals surface area (Å²) >= 11 is 5.89. The number of aliphatic imine (C=N–C) groups is 1. The fourth-order valence-corrected chi connectivity index (χ4v) is 2.46. The number of rotatable bonds is 6. The van der Waals surface area contributed by atoms with Crippen molar-refractivity contribution in [1.29, 1.82) is 0 Å². The Morgan fingerprint density at radius 3 is 2.23 bits per heavy atom. The molecule has 0 radical (unpaired) electrons. The number of guanidine groups is 1. The third-order valence-electron chi connectivity index (χ3n) is 3.73. The molecule has 0 unspecified atom stereocenters. The third kappa shape index (κ3) is 5.39. The van der Waals surface area contributed by atoms with Crippen LogP contribution in [0.15, 0.2) is 47.5 Å². The second-order valence-corrected chi connectivity index (χ2v) is 5.87. The summed E-state index contributed by atoms with van der Waals surface area (Å²) in [5.41, 5.74) is 2.38. The number of nitrogens with zero attached hydrogens (tertiary/aromatic N) is 1. The van der Waals surface area contributed by atoms with Gasteiger partial charge in [-0.2, -0.15) is 0 Å².